The predicted molar refractivity (Wildman–Crippen MR) is 73.6 cm³/mol. The molecule has 2 heterocycles. The van der Waals surface area contributed by atoms with Gasteiger partial charge in [-0.1, -0.05) is 0 Å². The van der Waals surface area contributed by atoms with Gasteiger partial charge in [0.1, 0.15) is 4.88 Å². The topological polar surface area (TPSA) is 92.4 Å². The molecule has 0 spiro atoms. The van der Waals surface area contributed by atoms with Crippen LogP contribution in [0.15, 0.2) is 29.0 Å². The van der Waals surface area contributed by atoms with Gasteiger partial charge in [0.2, 0.25) is 0 Å². The Hall–Kier alpha value is -2.15. The molecule has 7 heteroatoms. The Morgan fingerprint density at radius 3 is 2.85 bits per heavy atom. The number of nitrogens with one attached hydrogen (secondary N) is 1. The second kappa shape index (κ2) is 5.46. The number of aromatic nitrogens is 1. The molecule has 0 aliphatic rings. The second-order valence-corrected chi connectivity index (χ2v) is 5.91. The van der Waals surface area contributed by atoms with E-state index in [9.17, 15) is 9.59 Å². The van der Waals surface area contributed by atoms with Crippen molar-refractivity contribution in [2.75, 3.05) is 6.54 Å². The molecule has 2 rings (SSSR count). The van der Waals surface area contributed by atoms with Gasteiger partial charge in [0.05, 0.1) is 17.9 Å². The maximum atomic E-state index is 11.9. The fraction of sp³-hybridized carbons (Fsp3) is 0.308. The van der Waals surface area contributed by atoms with E-state index in [2.05, 4.69) is 10.3 Å². The normalized spacial score (nSPS) is 11.3. The number of carbonyl (C=O) groups is 2. The molecule has 1 amide bonds. The third-order valence-corrected chi connectivity index (χ3v) is 3.74. The number of thiazole rings is 1. The number of hydrogen-bond acceptors (Lipinski definition) is 5. The van der Waals surface area contributed by atoms with Crippen molar-refractivity contribution in [1.29, 1.82) is 0 Å². The smallest absolute Gasteiger partial charge is 0.310 e. The van der Waals surface area contributed by atoms with Crippen LogP contribution in [0.5, 0.6) is 0 Å². The number of nitrogens with zero attached hydrogens (tertiary/aromatic N) is 1. The van der Waals surface area contributed by atoms with Crippen molar-refractivity contribution >= 4 is 23.2 Å². The maximum absolute atomic E-state index is 11.9. The molecule has 2 aromatic rings. The first-order valence-electron chi connectivity index (χ1n) is 5.91. The molecule has 0 saturated carbocycles. The Kier molecular flexibility index (Phi) is 3.89. The minimum atomic E-state index is -1.01. The predicted octanol–water partition coefficient (Wildman–Crippen LogP) is 2.24. The Morgan fingerprint density at radius 1 is 1.50 bits per heavy atom. The number of carboxylic acid groups (broad SMARTS) is 1. The summed E-state index contributed by atoms with van der Waals surface area (Å²) in [6, 6.07) is 3.50. The van der Waals surface area contributed by atoms with Crippen molar-refractivity contribution in [3.63, 3.8) is 0 Å². The Bertz CT molecular complexity index is 616. The van der Waals surface area contributed by atoms with Gasteiger partial charge in [-0.05, 0) is 26.0 Å². The highest BCUT2D eigenvalue weighted by molar-refractivity contribution is 7.16. The number of amides is 1. The van der Waals surface area contributed by atoms with Crippen LogP contribution in [-0.2, 0) is 4.79 Å². The van der Waals surface area contributed by atoms with Gasteiger partial charge in [0.15, 0.2) is 10.8 Å². The van der Waals surface area contributed by atoms with E-state index in [4.69, 9.17) is 9.52 Å². The zero-order valence-corrected chi connectivity index (χ0v) is 11.9. The summed E-state index contributed by atoms with van der Waals surface area (Å²) in [6.45, 7) is 3.16. The van der Waals surface area contributed by atoms with Crippen molar-refractivity contribution in [2.45, 2.75) is 13.8 Å². The van der Waals surface area contributed by atoms with Gasteiger partial charge in [-0.2, -0.15) is 0 Å². The Morgan fingerprint density at radius 2 is 2.25 bits per heavy atom. The van der Waals surface area contributed by atoms with Crippen molar-refractivity contribution in [3.05, 3.63) is 29.5 Å². The van der Waals surface area contributed by atoms with E-state index in [0.29, 0.717) is 15.6 Å². The molecule has 6 nitrogen and oxygen atoms in total. The number of furan rings is 1. The minimum Gasteiger partial charge on any atom is -0.481 e. The number of hydrogen-bond donors (Lipinski definition) is 2. The molecule has 2 aromatic heterocycles. The van der Waals surface area contributed by atoms with Crippen LogP contribution in [0.2, 0.25) is 0 Å². The van der Waals surface area contributed by atoms with E-state index in [1.54, 1.807) is 26.0 Å². The SMILES string of the molecule is CC(C)(CNC(=O)c1cnc(-c2ccco2)s1)C(=O)O. The molecule has 0 unspecified atom stereocenters. The molecule has 0 fully saturated rings. The second-order valence-electron chi connectivity index (χ2n) is 4.88. The molecule has 0 aliphatic heterocycles. The summed E-state index contributed by atoms with van der Waals surface area (Å²) >= 11 is 1.19. The van der Waals surface area contributed by atoms with Crippen molar-refractivity contribution < 1.29 is 19.1 Å². The molecule has 0 aliphatic carbocycles. The molecule has 20 heavy (non-hydrogen) atoms. The molecule has 2 N–H and O–H groups in total. The third kappa shape index (κ3) is 3.05. The minimum absolute atomic E-state index is 0.0507. The zero-order valence-electron chi connectivity index (χ0n) is 11.0. The summed E-state index contributed by atoms with van der Waals surface area (Å²) < 4.78 is 5.20. The maximum Gasteiger partial charge on any atom is 0.310 e. The molecule has 0 aromatic carbocycles. The monoisotopic (exact) mass is 294 g/mol. The van der Waals surface area contributed by atoms with Crippen LogP contribution < -0.4 is 5.32 Å². The van der Waals surface area contributed by atoms with Gasteiger partial charge in [0.25, 0.3) is 5.91 Å². The lowest BCUT2D eigenvalue weighted by molar-refractivity contribution is -0.146. The van der Waals surface area contributed by atoms with E-state index in [0.717, 1.165) is 0 Å². The summed E-state index contributed by atoms with van der Waals surface area (Å²) in [5, 5.41) is 12.2. The van der Waals surface area contributed by atoms with Gasteiger partial charge >= 0.3 is 5.97 Å². The van der Waals surface area contributed by atoms with Gasteiger partial charge in [0, 0.05) is 6.54 Å². The van der Waals surface area contributed by atoms with E-state index >= 15 is 0 Å². The number of carbonyl (C=O) groups excluding carboxylic acids is 1. The summed E-state index contributed by atoms with van der Waals surface area (Å²) in [4.78, 5) is 27.4. The van der Waals surface area contributed by atoms with Gasteiger partial charge < -0.3 is 14.8 Å². The summed E-state index contributed by atoms with van der Waals surface area (Å²) in [6.07, 6.45) is 2.98. The Labute approximate surface area is 119 Å². The van der Waals surface area contributed by atoms with Gasteiger partial charge in [-0.15, -0.1) is 11.3 Å². The summed E-state index contributed by atoms with van der Waals surface area (Å²) in [7, 11) is 0. The van der Waals surface area contributed by atoms with E-state index in [-0.39, 0.29) is 12.5 Å². The largest absolute Gasteiger partial charge is 0.481 e. The Balaban J connectivity index is 2.02. The lowest BCUT2D eigenvalue weighted by atomic mass is 9.94. The standard InChI is InChI=1S/C13H14N2O4S/c1-13(2,12(17)18)7-15-10(16)9-6-14-11(20-9)8-4-3-5-19-8/h3-6H,7H2,1-2H3,(H,15,16)(H,17,18). The average molecular weight is 294 g/mol. The van der Waals surface area contributed by atoms with Crippen LogP contribution in [0.4, 0.5) is 0 Å². The first kappa shape index (κ1) is 14.3. The van der Waals surface area contributed by atoms with E-state index < -0.39 is 11.4 Å². The molecular formula is C13H14N2O4S. The highest BCUT2D eigenvalue weighted by Gasteiger charge is 2.28. The van der Waals surface area contributed by atoms with Crippen LogP contribution in [-0.4, -0.2) is 28.5 Å². The molecule has 106 valence electrons. The van der Waals surface area contributed by atoms with E-state index in [1.807, 2.05) is 0 Å². The fourth-order valence-electron chi connectivity index (χ4n) is 1.36. The highest BCUT2D eigenvalue weighted by Crippen LogP contribution is 2.25. The molecule has 0 atom stereocenters. The van der Waals surface area contributed by atoms with Crippen LogP contribution in [0.1, 0.15) is 23.5 Å². The molecule has 0 saturated heterocycles. The quantitative estimate of drug-likeness (QED) is 0.882. The highest BCUT2D eigenvalue weighted by atomic mass is 32.1. The van der Waals surface area contributed by atoms with E-state index in [1.165, 1.54) is 23.8 Å². The van der Waals surface area contributed by atoms with Crippen LogP contribution in [0.25, 0.3) is 10.8 Å². The number of carboxylic acids is 1. The summed E-state index contributed by atoms with van der Waals surface area (Å²) in [5.41, 5.74) is -1.01. The van der Waals surface area contributed by atoms with Gasteiger partial charge in [-0.25, -0.2) is 4.98 Å². The van der Waals surface area contributed by atoms with Crippen LogP contribution in [0, 0.1) is 5.41 Å². The molecular weight excluding hydrogens is 280 g/mol. The van der Waals surface area contributed by atoms with Crippen LogP contribution in [0.3, 0.4) is 0 Å². The lowest BCUT2D eigenvalue weighted by Crippen LogP contribution is -2.38. The molecule has 0 radical (unpaired) electrons. The average Bonchev–Trinajstić information content (AvgIpc) is 3.05. The van der Waals surface area contributed by atoms with Gasteiger partial charge in [-0.3, -0.25) is 9.59 Å². The first-order valence-corrected chi connectivity index (χ1v) is 6.73. The first-order chi connectivity index (χ1) is 9.40. The summed E-state index contributed by atoms with van der Waals surface area (Å²) in [5.74, 6) is -0.701. The molecule has 0 bridgehead atoms. The third-order valence-electron chi connectivity index (χ3n) is 2.73. The number of aliphatic carboxylic acids is 1. The van der Waals surface area contributed by atoms with Crippen molar-refractivity contribution in [1.82, 2.24) is 10.3 Å². The zero-order chi connectivity index (χ0) is 14.8. The van der Waals surface area contributed by atoms with Crippen LogP contribution >= 0.6 is 11.3 Å². The van der Waals surface area contributed by atoms with Crippen molar-refractivity contribution in [3.8, 4) is 10.8 Å². The van der Waals surface area contributed by atoms with Crippen molar-refractivity contribution in [2.24, 2.45) is 5.41 Å². The lowest BCUT2D eigenvalue weighted by Gasteiger charge is -2.18. The number of rotatable bonds is 5. The fourth-order valence-corrected chi connectivity index (χ4v) is 2.16.